The minimum Gasteiger partial charge on any atom is -0.493 e. The van der Waals surface area contributed by atoms with Crippen molar-refractivity contribution >= 4 is 23.7 Å². The van der Waals surface area contributed by atoms with Gasteiger partial charge >= 0.3 is 0 Å². The number of carbonyl (C=O) groups excluding carboxylic acids is 2. The van der Waals surface area contributed by atoms with E-state index < -0.39 is 5.91 Å². The lowest BCUT2D eigenvalue weighted by Crippen LogP contribution is -2.48. The van der Waals surface area contributed by atoms with Crippen LogP contribution in [-0.4, -0.2) is 50.4 Å². The van der Waals surface area contributed by atoms with E-state index in [2.05, 4.69) is 39.0 Å². The number of amides is 2. The lowest BCUT2D eigenvalue weighted by molar-refractivity contribution is -0.123. The van der Waals surface area contributed by atoms with E-state index in [0.717, 1.165) is 23.4 Å². The molecular weight excluding hydrogens is 610 g/mol. The summed E-state index contributed by atoms with van der Waals surface area (Å²) in [7, 11) is 3.03. The van der Waals surface area contributed by atoms with Gasteiger partial charge < -0.3 is 24.3 Å². The predicted octanol–water partition coefficient (Wildman–Crippen LogP) is 5.43. The zero-order valence-corrected chi connectivity index (χ0v) is 27.6. The van der Waals surface area contributed by atoms with Gasteiger partial charge in [0.05, 0.1) is 19.9 Å². The van der Waals surface area contributed by atoms with Crippen molar-refractivity contribution in [3.8, 4) is 23.4 Å². The molecule has 0 unspecified atom stereocenters. The van der Waals surface area contributed by atoms with E-state index in [0.29, 0.717) is 33.7 Å². The molecule has 4 aliphatic carbocycles. The van der Waals surface area contributed by atoms with Crippen LogP contribution in [0.3, 0.4) is 0 Å². The molecule has 2 amide bonds. The smallest absolute Gasteiger partial charge is 0.278 e. The average molecular weight is 652 g/mol. The van der Waals surface area contributed by atoms with E-state index in [4.69, 9.17) is 18.9 Å². The first-order valence-electron chi connectivity index (χ1n) is 16.3. The fraction of sp³-hybridized carbons (Fsp3) is 0.432. The third-order valence-corrected chi connectivity index (χ3v) is 9.72. The molecule has 4 fully saturated rings. The predicted molar refractivity (Wildman–Crippen MR) is 179 cm³/mol. The number of pyridine rings is 1. The van der Waals surface area contributed by atoms with Gasteiger partial charge in [-0.05, 0) is 116 Å². The van der Waals surface area contributed by atoms with Crippen molar-refractivity contribution < 1.29 is 28.5 Å². The molecule has 11 heteroatoms. The lowest BCUT2D eigenvalue weighted by Gasteiger charge is -2.57. The Kier molecular flexibility index (Phi) is 9.92. The van der Waals surface area contributed by atoms with Crippen LogP contribution in [0.2, 0.25) is 0 Å². The summed E-state index contributed by atoms with van der Waals surface area (Å²) in [6.45, 7) is 1.40. The van der Waals surface area contributed by atoms with Crippen LogP contribution in [0.1, 0.15) is 66.5 Å². The van der Waals surface area contributed by atoms with Crippen LogP contribution in [0.25, 0.3) is 0 Å². The van der Waals surface area contributed by atoms with Crippen LogP contribution in [0.5, 0.6) is 17.4 Å². The molecule has 2 N–H and O–H groups in total. The van der Waals surface area contributed by atoms with Gasteiger partial charge in [0.2, 0.25) is 5.88 Å². The van der Waals surface area contributed by atoms with Crippen LogP contribution >= 0.6 is 0 Å². The fourth-order valence-corrected chi connectivity index (χ4v) is 8.14. The van der Waals surface area contributed by atoms with Gasteiger partial charge in [-0.1, -0.05) is 12.1 Å². The molecule has 3 aromatic rings. The van der Waals surface area contributed by atoms with E-state index in [1.165, 1.54) is 64.5 Å². The number of rotatable bonds is 13. The molecule has 4 bridgehead atoms. The Morgan fingerprint density at radius 3 is 2.29 bits per heavy atom. The number of nitrogens with zero attached hydrogens (tertiary/aromatic N) is 3. The Bertz CT molecular complexity index is 1700. The van der Waals surface area contributed by atoms with Crippen molar-refractivity contribution in [3.63, 3.8) is 0 Å². The van der Waals surface area contributed by atoms with Gasteiger partial charge in [-0.25, -0.2) is 10.4 Å². The molecule has 0 aliphatic heterocycles. The summed E-state index contributed by atoms with van der Waals surface area (Å²) in [6, 6.07) is 17.3. The highest BCUT2D eigenvalue weighted by Crippen LogP contribution is 2.60. The fourth-order valence-electron chi connectivity index (χ4n) is 8.14. The second-order valence-electron chi connectivity index (χ2n) is 13.3. The first-order valence-corrected chi connectivity index (χ1v) is 16.3. The van der Waals surface area contributed by atoms with Gasteiger partial charge in [0.1, 0.15) is 11.6 Å². The maximum atomic E-state index is 12.7. The molecule has 1 aromatic heterocycles. The number of nitriles is 1. The summed E-state index contributed by atoms with van der Waals surface area (Å²) in [5, 5.41) is 16.4. The molecule has 4 aliphatic rings. The molecule has 2 aromatic carbocycles. The number of aryl methyl sites for hydroxylation is 1. The Labute approximate surface area is 280 Å². The SMILES string of the molecule is COCc1cc(C)nc(OCC(=O)N/N=C/c2ccc(OCC(=O)Nc3ccc(C45CC6CC(CC(C6)C4)C5)cc3)c(OC)c2)c1C#N. The van der Waals surface area contributed by atoms with Crippen molar-refractivity contribution in [2.45, 2.75) is 57.5 Å². The molecule has 4 saturated carbocycles. The van der Waals surface area contributed by atoms with Crippen molar-refractivity contribution in [1.29, 1.82) is 5.26 Å². The minimum absolute atomic E-state index is 0.0584. The summed E-state index contributed by atoms with van der Waals surface area (Å²) >= 11 is 0. The first-order chi connectivity index (χ1) is 23.3. The Morgan fingerprint density at radius 1 is 0.958 bits per heavy atom. The molecule has 0 saturated heterocycles. The van der Waals surface area contributed by atoms with Gasteiger partial charge in [-0.15, -0.1) is 0 Å². The quantitative estimate of drug-likeness (QED) is 0.184. The summed E-state index contributed by atoms with van der Waals surface area (Å²) in [5.74, 6) is 2.71. The standard InChI is InChI=1S/C37H41N5O6/c1-23-10-28(20-45-2)31(18-38)36(40-23)48-22-35(44)42-39-19-24-4-9-32(33(14-24)46-3)47-21-34(43)41-30-7-5-29(6-8-30)37-15-25-11-26(16-37)13-27(12-25)17-37/h4-10,14,19,25-27H,11-13,15-17,20-22H2,1-3H3,(H,41,43)(H,42,44)/b39-19+. The number of benzene rings is 2. The Morgan fingerprint density at radius 2 is 1.65 bits per heavy atom. The van der Waals surface area contributed by atoms with E-state index in [9.17, 15) is 14.9 Å². The number of ether oxygens (including phenoxy) is 4. The maximum absolute atomic E-state index is 12.7. The second kappa shape index (κ2) is 14.4. The molecular formula is C37H41N5O6. The zero-order valence-electron chi connectivity index (χ0n) is 27.6. The van der Waals surface area contributed by atoms with Gasteiger partial charge in [0.15, 0.2) is 24.7 Å². The van der Waals surface area contributed by atoms with Crippen LogP contribution in [0, 0.1) is 36.0 Å². The molecule has 48 heavy (non-hydrogen) atoms. The number of aromatic nitrogens is 1. The molecule has 0 atom stereocenters. The van der Waals surface area contributed by atoms with Crippen molar-refractivity contribution in [2.24, 2.45) is 22.9 Å². The topological polar surface area (TPSA) is 144 Å². The van der Waals surface area contributed by atoms with E-state index >= 15 is 0 Å². The average Bonchev–Trinajstić information content (AvgIpc) is 3.06. The summed E-state index contributed by atoms with van der Waals surface area (Å²) in [5.41, 5.74) is 6.98. The van der Waals surface area contributed by atoms with Crippen molar-refractivity contribution in [1.82, 2.24) is 10.4 Å². The monoisotopic (exact) mass is 651 g/mol. The summed E-state index contributed by atoms with van der Waals surface area (Å²) < 4.78 is 21.9. The number of nitrogens with one attached hydrogen (secondary N) is 2. The normalized spacial score (nSPS) is 22.2. The Hall–Kier alpha value is -4.95. The highest BCUT2D eigenvalue weighted by molar-refractivity contribution is 5.92. The van der Waals surface area contributed by atoms with Gasteiger partial charge in [-0.3, -0.25) is 9.59 Å². The van der Waals surface area contributed by atoms with Crippen LogP contribution in [0.4, 0.5) is 5.69 Å². The minimum atomic E-state index is -0.535. The number of hydrazone groups is 1. The summed E-state index contributed by atoms with van der Waals surface area (Å²) in [4.78, 5) is 29.3. The number of hydrogen-bond donors (Lipinski definition) is 2. The highest BCUT2D eigenvalue weighted by Gasteiger charge is 2.51. The van der Waals surface area contributed by atoms with Gasteiger partial charge in [-0.2, -0.15) is 10.4 Å². The van der Waals surface area contributed by atoms with Gasteiger partial charge in [0.25, 0.3) is 11.8 Å². The van der Waals surface area contributed by atoms with Crippen LogP contribution in [0.15, 0.2) is 53.6 Å². The number of hydrogen-bond acceptors (Lipinski definition) is 9. The maximum Gasteiger partial charge on any atom is 0.278 e. The van der Waals surface area contributed by atoms with Crippen LogP contribution in [-0.2, 0) is 26.3 Å². The molecule has 7 rings (SSSR count). The van der Waals surface area contributed by atoms with E-state index in [1.54, 1.807) is 31.2 Å². The largest absolute Gasteiger partial charge is 0.493 e. The molecule has 11 nitrogen and oxygen atoms in total. The lowest BCUT2D eigenvalue weighted by atomic mass is 9.48. The highest BCUT2D eigenvalue weighted by atomic mass is 16.5. The van der Waals surface area contributed by atoms with Crippen molar-refractivity contribution in [2.75, 3.05) is 32.8 Å². The molecule has 0 radical (unpaired) electrons. The third kappa shape index (κ3) is 7.44. The second-order valence-corrected chi connectivity index (χ2v) is 13.3. The molecule has 0 spiro atoms. The van der Waals surface area contributed by atoms with Crippen molar-refractivity contribution in [3.05, 3.63) is 76.5 Å². The van der Waals surface area contributed by atoms with E-state index in [1.807, 2.05) is 12.1 Å². The number of methoxy groups -OCH3 is 2. The van der Waals surface area contributed by atoms with Crippen LogP contribution < -0.4 is 25.0 Å². The van der Waals surface area contributed by atoms with Gasteiger partial charge in [0, 0.05) is 24.1 Å². The third-order valence-electron chi connectivity index (χ3n) is 9.72. The Balaban J connectivity index is 0.977. The number of anilines is 1. The number of carbonyl (C=O) groups is 2. The molecule has 1 heterocycles. The van der Waals surface area contributed by atoms with E-state index in [-0.39, 0.29) is 37.2 Å². The first kappa shape index (κ1) is 33.0. The summed E-state index contributed by atoms with van der Waals surface area (Å²) in [6.07, 6.45) is 9.61. The molecule has 250 valence electrons. The zero-order chi connectivity index (χ0) is 33.7.